The third-order valence-electron chi connectivity index (χ3n) is 5.19. The van der Waals surface area contributed by atoms with Gasteiger partial charge in [-0.25, -0.2) is 8.42 Å². The van der Waals surface area contributed by atoms with Crippen molar-refractivity contribution >= 4 is 39.0 Å². The number of hydrogen-bond acceptors (Lipinski definition) is 4. The van der Waals surface area contributed by atoms with E-state index in [1.807, 2.05) is 6.92 Å². The Labute approximate surface area is 122 Å². The number of Topliss-reactive ketones (excluding diaryl/α,β-unsaturated/α-hetero) is 1. The van der Waals surface area contributed by atoms with Crippen molar-refractivity contribution in [3.8, 4) is 0 Å². The summed E-state index contributed by atoms with van der Waals surface area (Å²) in [5.74, 6) is -0.199. The molecule has 8 heteroatoms. The standard InChI is InChI=1S/C11H15Cl2NO4S/c1-10(9(12)13)7-2-3-11(10,8(15)4-7)5-19(16,17)14-6-18-14/h7,9H,2-6H2,1H3/t7-,10-,11-,14?/m0/s1. The summed E-state index contributed by atoms with van der Waals surface area (Å²) >= 11 is 12.2. The van der Waals surface area contributed by atoms with Gasteiger partial charge in [0.15, 0.2) is 6.73 Å². The largest absolute Gasteiger partial charge is 0.299 e. The molecule has 1 heterocycles. The van der Waals surface area contributed by atoms with Gasteiger partial charge in [0.25, 0.3) is 0 Å². The molecule has 0 spiro atoms. The Morgan fingerprint density at radius 2 is 2.16 bits per heavy atom. The Morgan fingerprint density at radius 1 is 1.53 bits per heavy atom. The lowest BCUT2D eigenvalue weighted by atomic mass is 9.70. The highest BCUT2D eigenvalue weighted by Gasteiger charge is 2.70. The molecule has 2 aliphatic carbocycles. The van der Waals surface area contributed by atoms with Gasteiger partial charge < -0.3 is 0 Å². The summed E-state index contributed by atoms with van der Waals surface area (Å²) in [7, 11) is -3.58. The first kappa shape index (κ1) is 14.1. The van der Waals surface area contributed by atoms with Gasteiger partial charge in [0, 0.05) is 11.8 Å². The van der Waals surface area contributed by atoms with Crippen LogP contribution in [0.25, 0.3) is 0 Å². The topological polar surface area (TPSA) is 66.8 Å². The molecule has 5 nitrogen and oxygen atoms in total. The monoisotopic (exact) mass is 327 g/mol. The molecule has 3 aliphatic rings. The molecule has 1 saturated heterocycles. The Morgan fingerprint density at radius 3 is 2.63 bits per heavy atom. The number of carbonyl (C=O) groups is 1. The van der Waals surface area contributed by atoms with Crippen molar-refractivity contribution < 1.29 is 18.0 Å². The highest BCUT2D eigenvalue weighted by molar-refractivity contribution is 7.89. The number of rotatable bonds is 4. The first-order valence-electron chi connectivity index (χ1n) is 6.19. The smallest absolute Gasteiger partial charge is 0.239 e. The summed E-state index contributed by atoms with van der Waals surface area (Å²) in [6.07, 6.45) is 1.72. The van der Waals surface area contributed by atoms with Crippen molar-refractivity contribution in [3.05, 3.63) is 0 Å². The van der Waals surface area contributed by atoms with Crippen molar-refractivity contribution in [2.24, 2.45) is 16.7 Å². The summed E-state index contributed by atoms with van der Waals surface area (Å²) in [4.78, 5) is 16.3. The highest BCUT2D eigenvalue weighted by Crippen LogP contribution is 2.67. The van der Waals surface area contributed by atoms with Crippen LogP contribution in [0.4, 0.5) is 0 Å². The van der Waals surface area contributed by atoms with Crippen molar-refractivity contribution in [3.63, 3.8) is 0 Å². The van der Waals surface area contributed by atoms with E-state index in [0.29, 0.717) is 12.8 Å². The van der Waals surface area contributed by atoms with E-state index in [4.69, 9.17) is 28.0 Å². The van der Waals surface area contributed by atoms with Gasteiger partial charge >= 0.3 is 0 Å². The molecule has 0 aromatic carbocycles. The molecule has 3 fully saturated rings. The fraction of sp³-hybridized carbons (Fsp3) is 0.909. The second-order valence-electron chi connectivity index (χ2n) is 5.85. The van der Waals surface area contributed by atoms with Gasteiger partial charge in [-0.05, 0) is 18.8 Å². The fourth-order valence-electron chi connectivity index (χ4n) is 3.82. The van der Waals surface area contributed by atoms with E-state index in [1.165, 1.54) is 0 Å². The normalized spacial score (nSPS) is 45.2. The van der Waals surface area contributed by atoms with E-state index in [9.17, 15) is 13.2 Å². The van der Waals surface area contributed by atoms with Crippen LogP contribution < -0.4 is 0 Å². The molecule has 0 aromatic heterocycles. The highest BCUT2D eigenvalue weighted by atomic mass is 35.5. The van der Waals surface area contributed by atoms with Crippen LogP contribution in [0.2, 0.25) is 0 Å². The van der Waals surface area contributed by atoms with Crippen LogP contribution in [-0.2, 0) is 19.7 Å². The third-order valence-corrected chi connectivity index (χ3v) is 7.79. The van der Waals surface area contributed by atoms with Gasteiger partial charge in [0.05, 0.1) is 11.2 Å². The Kier molecular flexibility index (Phi) is 3.02. The summed E-state index contributed by atoms with van der Waals surface area (Å²) in [5.41, 5.74) is -1.63. The zero-order valence-electron chi connectivity index (χ0n) is 10.4. The number of carbonyl (C=O) groups excluding carboxylic acids is 1. The quantitative estimate of drug-likeness (QED) is 0.582. The van der Waals surface area contributed by atoms with Crippen LogP contribution in [-0.4, -0.2) is 36.0 Å². The van der Waals surface area contributed by atoms with E-state index in [-0.39, 0.29) is 24.2 Å². The van der Waals surface area contributed by atoms with E-state index in [1.54, 1.807) is 0 Å². The lowest BCUT2D eigenvalue weighted by molar-refractivity contribution is -0.128. The fourth-order valence-corrected chi connectivity index (χ4v) is 6.34. The molecule has 108 valence electrons. The van der Waals surface area contributed by atoms with E-state index < -0.39 is 25.7 Å². The maximum Gasteiger partial charge on any atom is 0.239 e. The molecule has 4 atom stereocenters. The molecule has 0 N–H and O–H groups in total. The second kappa shape index (κ2) is 4.07. The van der Waals surface area contributed by atoms with Crippen molar-refractivity contribution in [1.82, 2.24) is 4.47 Å². The van der Waals surface area contributed by atoms with Crippen LogP contribution in [0.15, 0.2) is 0 Å². The summed E-state index contributed by atoms with van der Waals surface area (Å²) in [6.45, 7) is 1.91. The summed E-state index contributed by atoms with van der Waals surface area (Å²) < 4.78 is 25.2. The van der Waals surface area contributed by atoms with Crippen molar-refractivity contribution in [2.45, 2.75) is 31.0 Å². The van der Waals surface area contributed by atoms with Gasteiger partial charge in [0.1, 0.15) is 10.6 Å². The van der Waals surface area contributed by atoms with Gasteiger partial charge in [-0.15, -0.1) is 23.2 Å². The van der Waals surface area contributed by atoms with Gasteiger partial charge in [-0.3, -0.25) is 9.63 Å². The molecule has 19 heavy (non-hydrogen) atoms. The van der Waals surface area contributed by atoms with Crippen LogP contribution in [0, 0.1) is 16.7 Å². The van der Waals surface area contributed by atoms with E-state index in [0.717, 1.165) is 10.9 Å². The van der Waals surface area contributed by atoms with Crippen LogP contribution in [0.3, 0.4) is 0 Å². The van der Waals surface area contributed by atoms with Gasteiger partial charge in [-0.1, -0.05) is 11.4 Å². The molecule has 1 unspecified atom stereocenters. The molecular formula is C11H15Cl2NO4S. The minimum Gasteiger partial charge on any atom is -0.299 e. The molecule has 2 saturated carbocycles. The SMILES string of the molecule is C[C@@]1(C(Cl)Cl)[C@H]2CC[C@]1(CS(=O)(=O)N1CO1)C(=O)C2. The van der Waals surface area contributed by atoms with Gasteiger partial charge in [0.2, 0.25) is 10.0 Å². The number of sulfonamides is 1. The number of fused-ring (bicyclic) bond motifs is 2. The zero-order chi connectivity index (χ0) is 14.1. The third kappa shape index (κ3) is 1.73. The van der Waals surface area contributed by atoms with Crippen LogP contribution in [0.5, 0.6) is 0 Å². The first-order valence-corrected chi connectivity index (χ1v) is 8.67. The van der Waals surface area contributed by atoms with Crippen LogP contribution >= 0.6 is 23.2 Å². The van der Waals surface area contributed by atoms with Crippen molar-refractivity contribution in [1.29, 1.82) is 0 Å². The average Bonchev–Trinajstić information content (AvgIpc) is 3.09. The number of nitrogens with zero attached hydrogens (tertiary/aromatic N) is 1. The number of hydrogen-bond donors (Lipinski definition) is 0. The number of ketones is 1. The molecule has 0 aromatic rings. The maximum atomic E-state index is 12.4. The predicted octanol–water partition coefficient (Wildman–Crippen LogP) is 1.70. The molecule has 2 bridgehead atoms. The number of alkyl halides is 2. The average molecular weight is 328 g/mol. The molecule has 0 radical (unpaired) electrons. The van der Waals surface area contributed by atoms with Gasteiger partial charge in [-0.2, -0.15) is 0 Å². The minimum absolute atomic E-state index is 0.0250. The van der Waals surface area contributed by atoms with Crippen molar-refractivity contribution in [2.75, 3.05) is 12.5 Å². The Hall–Kier alpha value is 0.120. The second-order valence-corrected chi connectivity index (χ2v) is 8.80. The molecule has 3 rings (SSSR count). The minimum atomic E-state index is -3.58. The van der Waals surface area contributed by atoms with E-state index >= 15 is 0 Å². The Bertz CT molecular complexity index is 533. The van der Waals surface area contributed by atoms with Crippen LogP contribution in [0.1, 0.15) is 26.2 Å². The summed E-state index contributed by atoms with van der Waals surface area (Å²) in [6, 6.07) is 0. The Balaban J connectivity index is 2.02. The first-order chi connectivity index (χ1) is 8.74. The summed E-state index contributed by atoms with van der Waals surface area (Å²) in [5, 5.41) is 0. The van der Waals surface area contributed by atoms with E-state index in [2.05, 4.69) is 0 Å². The number of halogens is 2. The molecule has 1 aliphatic heterocycles. The molecule has 0 amide bonds. The number of hydroxylamine groups is 1. The molecular weight excluding hydrogens is 313 g/mol. The lowest BCUT2D eigenvalue weighted by Gasteiger charge is -2.40. The lowest BCUT2D eigenvalue weighted by Crippen LogP contribution is -2.47. The predicted molar refractivity (Wildman–Crippen MR) is 70.0 cm³/mol. The zero-order valence-corrected chi connectivity index (χ0v) is 12.8. The maximum absolute atomic E-state index is 12.4.